The summed E-state index contributed by atoms with van der Waals surface area (Å²) >= 11 is 1.55. The number of rotatable bonds is 8. The molecule has 0 fully saturated rings. The van der Waals surface area contributed by atoms with Crippen molar-refractivity contribution in [2.45, 2.75) is 24.4 Å². The van der Waals surface area contributed by atoms with Crippen molar-refractivity contribution in [2.75, 3.05) is 7.11 Å². The van der Waals surface area contributed by atoms with Gasteiger partial charge in [0.15, 0.2) is 11.0 Å². The Morgan fingerprint density at radius 1 is 1.22 bits per heavy atom. The lowest BCUT2D eigenvalue weighted by molar-refractivity contribution is 0.112. The van der Waals surface area contributed by atoms with Crippen LogP contribution in [0.1, 0.15) is 21.5 Å². The second-order valence-corrected chi connectivity index (χ2v) is 7.00. The molecule has 0 atom stereocenters. The molecule has 6 heteroatoms. The molecular weight excluding hydrogens is 358 g/mol. The fourth-order valence-corrected chi connectivity index (χ4v) is 3.74. The lowest BCUT2D eigenvalue weighted by Gasteiger charge is -2.10. The third-order valence-electron chi connectivity index (χ3n) is 4.10. The summed E-state index contributed by atoms with van der Waals surface area (Å²) < 4.78 is 7.45. The first-order valence-electron chi connectivity index (χ1n) is 8.52. The summed E-state index contributed by atoms with van der Waals surface area (Å²) in [4.78, 5) is 11.1. The van der Waals surface area contributed by atoms with Gasteiger partial charge in [-0.3, -0.25) is 9.36 Å². The van der Waals surface area contributed by atoms with E-state index in [1.165, 1.54) is 5.56 Å². The van der Waals surface area contributed by atoms with Gasteiger partial charge in [-0.2, -0.15) is 0 Å². The smallest absolute Gasteiger partial charge is 0.192 e. The van der Waals surface area contributed by atoms with Gasteiger partial charge < -0.3 is 4.74 Å². The highest BCUT2D eigenvalue weighted by atomic mass is 32.2. The van der Waals surface area contributed by atoms with Crippen LogP contribution < -0.4 is 4.74 Å². The molecule has 0 bridgehead atoms. The first-order valence-corrected chi connectivity index (χ1v) is 9.51. The SMILES string of the molecule is C=CCn1c(SCc2cc(C=O)ccc2OC)nnc1-c1cccc(C)c1. The van der Waals surface area contributed by atoms with Crippen molar-refractivity contribution >= 4 is 18.0 Å². The maximum absolute atomic E-state index is 11.1. The molecule has 0 spiro atoms. The molecule has 0 unspecified atom stereocenters. The molecule has 1 aromatic heterocycles. The van der Waals surface area contributed by atoms with Gasteiger partial charge in [-0.1, -0.05) is 41.6 Å². The van der Waals surface area contributed by atoms with E-state index in [4.69, 9.17) is 4.74 Å². The zero-order valence-electron chi connectivity index (χ0n) is 15.4. The van der Waals surface area contributed by atoms with Crippen LogP contribution in [-0.2, 0) is 12.3 Å². The molecule has 3 aromatic rings. The zero-order chi connectivity index (χ0) is 19.2. The molecule has 0 radical (unpaired) electrons. The summed E-state index contributed by atoms with van der Waals surface area (Å²) in [6, 6.07) is 13.6. The van der Waals surface area contributed by atoms with E-state index in [0.29, 0.717) is 17.9 Å². The fourth-order valence-electron chi connectivity index (χ4n) is 2.81. The lowest BCUT2D eigenvalue weighted by Crippen LogP contribution is -2.01. The quantitative estimate of drug-likeness (QED) is 0.326. The molecule has 0 aliphatic carbocycles. The lowest BCUT2D eigenvalue weighted by atomic mass is 10.1. The Labute approximate surface area is 163 Å². The predicted octanol–water partition coefficient (Wildman–Crippen LogP) is 4.55. The first kappa shape index (κ1) is 18.9. The first-order chi connectivity index (χ1) is 13.2. The van der Waals surface area contributed by atoms with Crippen LogP contribution in [0.3, 0.4) is 0 Å². The van der Waals surface area contributed by atoms with Gasteiger partial charge in [0.2, 0.25) is 0 Å². The maximum Gasteiger partial charge on any atom is 0.192 e. The molecule has 0 saturated carbocycles. The number of hydrogen-bond donors (Lipinski definition) is 0. The van der Waals surface area contributed by atoms with Crippen LogP contribution in [0.5, 0.6) is 5.75 Å². The van der Waals surface area contributed by atoms with E-state index in [9.17, 15) is 4.79 Å². The Hall–Kier alpha value is -2.86. The van der Waals surface area contributed by atoms with Gasteiger partial charge in [-0.25, -0.2) is 0 Å². The van der Waals surface area contributed by atoms with Crippen molar-refractivity contribution in [3.8, 4) is 17.1 Å². The Balaban J connectivity index is 1.90. The largest absolute Gasteiger partial charge is 0.496 e. The highest BCUT2D eigenvalue weighted by Gasteiger charge is 2.15. The Kier molecular flexibility index (Phi) is 6.08. The second-order valence-electron chi connectivity index (χ2n) is 6.05. The summed E-state index contributed by atoms with van der Waals surface area (Å²) in [6.07, 6.45) is 2.67. The minimum Gasteiger partial charge on any atom is -0.496 e. The number of methoxy groups -OCH3 is 1. The maximum atomic E-state index is 11.1. The van der Waals surface area contributed by atoms with Gasteiger partial charge in [-0.05, 0) is 31.2 Å². The molecule has 2 aromatic carbocycles. The number of hydrogen-bond acceptors (Lipinski definition) is 5. The van der Waals surface area contributed by atoms with E-state index in [1.54, 1.807) is 24.9 Å². The Bertz CT molecular complexity index is 966. The molecule has 138 valence electrons. The molecule has 0 aliphatic heterocycles. The molecular formula is C21H21N3O2S. The van der Waals surface area contributed by atoms with Gasteiger partial charge in [0.25, 0.3) is 0 Å². The van der Waals surface area contributed by atoms with E-state index >= 15 is 0 Å². The van der Waals surface area contributed by atoms with Crippen LogP contribution in [0, 0.1) is 6.92 Å². The molecule has 0 N–H and O–H groups in total. The zero-order valence-corrected chi connectivity index (χ0v) is 16.2. The number of aryl methyl sites for hydroxylation is 1. The molecule has 0 saturated heterocycles. The summed E-state index contributed by atoms with van der Waals surface area (Å²) in [7, 11) is 1.63. The minimum absolute atomic E-state index is 0.615. The van der Waals surface area contributed by atoms with Crippen molar-refractivity contribution in [3.05, 3.63) is 71.8 Å². The molecule has 0 aliphatic rings. The average molecular weight is 379 g/mol. The molecule has 27 heavy (non-hydrogen) atoms. The monoisotopic (exact) mass is 379 g/mol. The van der Waals surface area contributed by atoms with E-state index in [-0.39, 0.29) is 0 Å². The summed E-state index contributed by atoms with van der Waals surface area (Å²) in [5.74, 6) is 2.19. The summed E-state index contributed by atoms with van der Waals surface area (Å²) in [5, 5.41) is 9.56. The van der Waals surface area contributed by atoms with Gasteiger partial charge in [0.1, 0.15) is 12.0 Å². The fraction of sp³-hybridized carbons (Fsp3) is 0.190. The number of aromatic nitrogens is 3. The van der Waals surface area contributed by atoms with E-state index in [2.05, 4.69) is 35.8 Å². The summed E-state index contributed by atoms with van der Waals surface area (Å²) in [6.45, 7) is 6.52. The van der Waals surface area contributed by atoms with Crippen molar-refractivity contribution in [1.82, 2.24) is 14.8 Å². The molecule has 5 nitrogen and oxygen atoms in total. The highest BCUT2D eigenvalue weighted by molar-refractivity contribution is 7.98. The van der Waals surface area contributed by atoms with E-state index < -0.39 is 0 Å². The number of aldehydes is 1. The number of ether oxygens (including phenoxy) is 1. The highest BCUT2D eigenvalue weighted by Crippen LogP contribution is 2.30. The number of carbonyl (C=O) groups excluding carboxylic acids is 1. The third-order valence-corrected chi connectivity index (χ3v) is 5.12. The number of benzene rings is 2. The Morgan fingerprint density at radius 3 is 2.78 bits per heavy atom. The van der Waals surface area contributed by atoms with Crippen molar-refractivity contribution in [2.24, 2.45) is 0 Å². The van der Waals surface area contributed by atoms with Crippen LogP contribution in [0.25, 0.3) is 11.4 Å². The van der Waals surface area contributed by atoms with Gasteiger partial charge >= 0.3 is 0 Å². The topological polar surface area (TPSA) is 57.0 Å². The minimum atomic E-state index is 0.615. The van der Waals surface area contributed by atoms with Crippen molar-refractivity contribution in [3.63, 3.8) is 0 Å². The molecule has 0 amide bonds. The summed E-state index contributed by atoms with van der Waals surface area (Å²) in [5.41, 5.74) is 3.76. The van der Waals surface area contributed by atoms with Crippen LogP contribution in [0.4, 0.5) is 0 Å². The standard InChI is InChI=1S/C21H21N3O2S/c1-4-10-24-20(17-7-5-6-15(2)11-17)22-23-21(24)27-14-18-12-16(13-25)8-9-19(18)26-3/h4-9,11-13H,1,10,14H2,2-3H3. The van der Waals surface area contributed by atoms with Crippen LogP contribution in [0.15, 0.2) is 60.3 Å². The molecule has 1 heterocycles. The third kappa shape index (κ3) is 4.28. The van der Waals surface area contributed by atoms with Crippen LogP contribution >= 0.6 is 11.8 Å². The average Bonchev–Trinajstić information content (AvgIpc) is 3.09. The predicted molar refractivity (Wildman–Crippen MR) is 108 cm³/mol. The second kappa shape index (κ2) is 8.68. The van der Waals surface area contributed by atoms with Gasteiger partial charge in [-0.15, -0.1) is 16.8 Å². The molecule has 3 rings (SSSR count). The van der Waals surface area contributed by atoms with Crippen molar-refractivity contribution < 1.29 is 9.53 Å². The van der Waals surface area contributed by atoms with Crippen LogP contribution in [-0.4, -0.2) is 28.2 Å². The van der Waals surface area contributed by atoms with E-state index in [1.807, 2.05) is 34.9 Å². The number of nitrogens with zero attached hydrogens (tertiary/aromatic N) is 3. The van der Waals surface area contributed by atoms with E-state index in [0.717, 1.165) is 34.1 Å². The van der Waals surface area contributed by atoms with Gasteiger partial charge in [0, 0.05) is 29.0 Å². The normalized spacial score (nSPS) is 10.6. The van der Waals surface area contributed by atoms with Crippen LogP contribution in [0.2, 0.25) is 0 Å². The van der Waals surface area contributed by atoms with Crippen molar-refractivity contribution in [1.29, 1.82) is 0 Å². The number of carbonyl (C=O) groups is 1. The number of allylic oxidation sites excluding steroid dienone is 1. The number of thioether (sulfide) groups is 1. The van der Waals surface area contributed by atoms with Gasteiger partial charge in [0.05, 0.1) is 7.11 Å². The Morgan fingerprint density at radius 2 is 2.07 bits per heavy atom.